The van der Waals surface area contributed by atoms with Crippen LogP contribution in [0.4, 0.5) is 0 Å². The molecule has 0 spiro atoms. The minimum absolute atomic E-state index is 0.285. The van der Waals surface area contributed by atoms with Gasteiger partial charge in [-0.15, -0.1) is 0 Å². The van der Waals surface area contributed by atoms with Gasteiger partial charge in [-0.3, -0.25) is 0 Å². The van der Waals surface area contributed by atoms with E-state index in [0.717, 1.165) is 26.2 Å². The molecule has 234 valence electrons. The van der Waals surface area contributed by atoms with Gasteiger partial charge in [0, 0.05) is 26.2 Å². The third-order valence-electron chi connectivity index (χ3n) is 6.50. The fourth-order valence-electron chi connectivity index (χ4n) is 4.13. The Balaban J connectivity index is 1.67. The Morgan fingerprint density at radius 2 is 0.833 bits per heavy atom. The molecule has 0 bridgehead atoms. The molecule has 0 saturated carbocycles. The number of ether oxygens (including phenoxy) is 8. The van der Waals surface area contributed by atoms with Crippen molar-refractivity contribution < 1.29 is 47.5 Å². The van der Waals surface area contributed by atoms with E-state index in [1.807, 2.05) is 14.1 Å². The number of esters is 2. The highest BCUT2D eigenvalue weighted by molar-refractivity contribution is 5.91. The van der Waals surface area contributed by atoms with Gasteiger partial charge >= 0.3 is 11.9 Å². The van der Waals surface area contributed by atoms with Crippen LogP contribution in [0, 0.1) is 0 Å². The quantitative estimate of drug-likeness (QED) is 0.176. The second-order valence-corrected chi connectivity index (χ2v) is 9.41. The summed E-state index contributed by atoms with van der Waals surface area (Å²) in [4.78, 5) is 29.4. The lowest BCUT2D eigenvalue weighted by Crippen LogP contribution is -2.32. The number of hydrogen-bond donors (Lipinski definition) is 0. The first-order valence-corrected chi connectivity index (χ1v) is 13.5. The Hall–Kier alpha value is -3.90. The molecule has 42 heavy (non-hydrogen) atoms. The number of carbonyl (C=O) groups excluding carboxylic acids is 2. The lowest BCUT2D eigenvalue weighted by molar-refractivity contribution is 0.0475. The highest BCUT2D eigenvalue weighted by atomic mass is 16.5. The van der Waals surface area contributed by atoms with E-state index in [1.165, 1.54) is 42.7 Å². The highest BCUT2D eigenvalue weighted by Crippen LogP contribution is 2.39. The summed E-state index contributed by atoms with van der Waals surface area (Å²) < 4.78 is 42.7. The molecule has 0 atom stereocenters. The minimum atomic E-state index is -0.456. The van der Waals surface area contributed by atoms with Crippen LogP contribution in [0.25, 0.3) is 0 Å². The van der Waals surface area contributed by atoms with Crippen LogP contribution in [-0.2, 0) is 9.47 Å². The molecule has 0 amide bonds. The number of likely N-dealkylation sites (N-methyl/N-ethyl adjacent to an activating group) is 2. The Bertz CT molecular complexity index is 1020. The molecule has 2 rings (SSSR count). The maximum atomic E-state index is 12.5. The molecule has 0 fully saturated rings. The van der Waals surface area contributed by atoms with E-state index in [1.54, 1.807) is 24.3 Å². The molecule has 0 N–H and O–H groups in total. The van der Waals surface area contributed by atoms with Crippen LogP contribution in [0.15, 0.2) is 24.3 Å². The molecule has 12 heteroatoms. The molecular formula is C30H44N2O10. The van der Waals surface area contributed by atoms with Crippen LogP contribution in [0.1, 0.15) is 33.6 Å². The minimum Gasteiger partial charge on any atom is -0.493 e. The lowest BCUT2D eigenvalue weighted by atomic mass is 10.2. The first-order chi connectivity index (χ1) is 20.2. The normalized spacial score (nSPS) is 10.8. The Morgan fingerprint density at radius 1 is 0.524 bits per heavy atom. The third-order valence-corrected chi connectivity index (χ3v) is 6.50. The summed E-state index contributed by atoms with van der Waals surface area (Å²) in [6, 6.07) is 6.28. The van der Waals surface area contributed by atoms with E-state index in [0.29, 0.717) is 58.5 Å². The summed E-state index contributed by atoms with van der Waals surface area (Å²) in [7, 11) is 13.0. The number of carbonyl (C=O) groups is 2. The summed E-state index contributed by atoms with van der Waals surface area (Å²) >= 11 is 0. The summed E-state index contributed by atoms with van der Waals surface area (Å²) in [5.74, 6) is 1.49. The van der Waals surface area contributed by atoms with Crippen LogP contribution < -0.4 is 28.4 Å². The van der Waals surface area contributed by atoms with Gasteiger partial charge < -0.3 is 47.7 Å². The lowest BCUT2D eigenvalue weighted by Gasteiger charge is -2.22. The van der Waals surface area contributed by atoms with Gasteiger partial charge in [-0.05, 0) is 51.2 Å². The van der Waals surface area contributed by atoms with Crippen LogP contribution in [-0.4, -0.2) is 118 Å². The first kappa shape index (κ1) is 34.3. The summed E-state index contributed by atoms with van der Waals surface area (Å²) in [5, 5.41) is 0. The van der Waals surface area contributed by atoms with E-state index in [2.05, 4.69) is 9.80 Å². The Labute approximate surface area is 248 Å². The standard InChI is InChI=1S/C30H44N2O10/c1-31(11-9-15-41-29(33)21-17-23(35-3)27(39-7)24(18-21)36-4)13-14-32(2)12-10-16-42-30(34)22-19-25(37-5)28(40-8)26(20-22)38-6/h17-20H,9-16H2,1-8H3. The van der Waals surface area contributed by atoms with Crippen molar-refractivity contribution in [3.05, 3.63) is 35.4 Å². The van der Waals surface area contributed by atoms with Crippen molar-refractivity contribution >= 4 is 11.9 Å². The van der Waals surface area contributed by atoms with Gasteiger partial charge in [0.05, 0.1) is 67.0 Å². The summed E-state index contributed by atoms with van der Waals surface area (Å²) in [5.41, 5.74) is 0.655. The summed E-state index contributed by atoms with van der Waals surface area (Å²) in [6.07, 6.45) is 1.38. The zero-order chi connectivity index (χ0) is 31.1. The maximum Gasteiger partial charge on any atom is 0.338 e. The van der Waals surface area contributed by atoms with Gasteiger partial charge in [0.1, 0.15) is 0 Å². The van der Waals surface area contributed by atoms with E-state index in [4.69, 9.17) is 37.9 Å². The number of methoxy groups -OCH3 is 6. The molecule has 0 heterocycles. The fraction of sp³-hybridized carbons (Fsp3) is 0.533. The van der Waals surface area contributed by atoms with E-state index < -0.39 is 11.9 Å². The molecule has 2 aromatic rings. The van der Waals surface area contributed by atoms with Gasteiger partial charge in [-0.25, -0.2) is 9.59 Å². The molecular weight excluding hydrogens is 548 g/mol. The Morgan fingerprint density at radius 3 is 1.10 bits per heavy atom. The van der Waals surface area contributed by atoms with Crippen LogP contribution >= 0.6 is 0 Å². The molecule has 2 aromatic carbocycles. The monoisotopic (exact) mass is 592 g/mol. The molecule has 12 nitrogen and oxygen atoms in total. The predicted octanol–water partition coefficient (Wildman–Crippen LogP) is 3.40. The van der Waals surface area contributed by atoms with E-state index in [9.17, 15) is 9.59 Å². The van der Waals surface area contributed by atoms with Crippen molar-refractivity contribution in [2.45, 2.75) is 12.8 Å². The number of benzene rings is 2. The van der Waals surface area contributed by atoms with Gasteiger partial charge in [-0.1, -0.05) is 0 Å². The van der Waals surface area contributed by atoms with Crippen molar-refractivity contribution in [2.24, 2.45) is 0 Å². The molecule has 0 aliphatic heterocycles. The zero-order valence-electron chi connectivity index (χ0n) is 25.9. The van der Waals surface area contributed by atoms with Crippen LogP contribution in [0.5, 0.6) is 34.5 Å². The van der Waals surface area contributed by atoms with Crippen molar-refractivity contribution in [3.8, 4) is 34.5 Å². The van der Waals surface area contributed by atoms with Crippen molar-refractivity contribution in [1.29, 1.82) is 0 Å². The first-order valence-electron chi connectivity index (χ1n) is 13.5. The average Bonchev–Trinajstić information content (AvgIpc) is 3.01. The van der Waals surface area contributed by atoms with Gasteiger partial charge in [0.15, 0.2) is 23.0 Å². The number of hydrogen-bond acceptors (Lipinski definition) is 12. The largest absolute Gasteiger partial charge is 0.493 e. The highest BCUT2D eigenvalue weighted by Gasteiger charge is 2.19. The molecule has 0 aromatic heterocycles. The average molecular weight is 593 g/mol. The van der Waals surface area contributed by atoms with E-state index >= 15 is 0 Å². The van der Waals surface area contributed by atoms with Crippen LogP contribution in [0.3, 0.4) is 0 Å². The molecule has 0 aliphatic rings. The molecule has 0 radical (unpaired) electrons. The van der Waals surface area contributed by atoms with Crippen molar-refractivity contribution in [3.63, 3.8) is 0 Å². The third kappa shape index (κ3) is 9.88. The fourth-order valence-corrected chi connectivity index (χ4v) is 4.13. The smallest absolute Gasteiger partial charge is 0.338 e. The molecule has 0 saturated heterocycles. The maximum absolute atomic E-state index is 12.5. The van der Waals surface area contributed by atoms with Gasteiger partial charge in [-0.2, -0.15) is 0 Å². The number of nitrogens with zero attached hydrogens (tertiary/aromatic N) is 2. The topological polar surface area (TPSA) is 114 Å². The van der Waals surface area contributed by atoms with E-state index in [-0.39, 0.29) is 13.2 Å². The summed E-state index contributed by atoms with van der Waals surface area (Å²) in [6.45, 7) is 3.77. The van der Waals surface area contributed by atoms with Gasteiger partial charge in [0.25, 0.3) is 0 Å². The zero-order valence-corrected chi connectivity index (χ0v) is 25.9. The van der Waals surface area contributed by atoms with Crippen molar-refractivity contribution in [1.82, 2.24) is 9.80 Å². The Kier molecular flexibility index (Phi) is 14.5. The second kappa shape index (κ2) is 17.8. The van der Waals surface area contributed by atoms with Gasteiger partial charge in [0.2, 0.25) is 11.5 Å². The second-order valence-electron chi connectivity index (χ2n) is 9.41. The van der Waals surface area contributed by atoms with Crippen LogP contribution in [0.2, 0.25) is 0 Å². The SMILES string of the molecule is COc1cc(C(=O)OCCCN(C)CCN(C)CCCOC(=O)c2cc(OC)c(OC)c(OC)c2)cc(OC)c1OC. The van der Waals surface area contributed by atoms with Crippen molar-refractivity contribution in [2.75, 3.05) is 96.1 Å². The predicted molar refractivity (Wildman–Crippen MR) is 157 cm³/mol. The molecule has 0 unspecified atom stereocenters. The molecule has 0 aliphatic carbocycles. The number of rotatable bonds is 19.